The highest BCUT2D eigenvalue weighted by atomic mass is 32.1. The van der Waals surface area contributed by atoms with Crippen LogP contribution in [0.3, 0.4) is 0 Å². The lowest BCUT2D eigenvalue weighted by Crippen LogP contribution is -1.78. The quantitative estimate of drug-likeness (QED) is 0.763. The van der Waals surface area contributed by atoms with Crippen molar-refractivity contribution in [2.75, 3.05) is 0 Å². The van der Waals surface area contributed by atoms with E-state index in [-0.39, 0.29) is 6.61 Å². The number of aromatic nitrogens is 2. The number of nitrogens with zero attached hydrogens (tertiary/aromatic N) is 2. The zero-order valence-corrected chi connectivity index (χ0v) is 7.64. The topological polar surface area (TPSA) is 37.5 Å². The molecule has 0 aliphatic heterocycles. The minimum atomic E-state index is 0.107. The van der Waals surface area contributed by atoms with Crippen LogP contribution in [-0.2, 0) is 13.0 Å². The molecule has 0 aromatic carbocycles. The summed E-state index contributed by atoms with van der Waals surface area (Å²) in [5, 5.41) is 8.85. The van der Waals surface area contributed by atoms with E-state index < -0.39 is 0 Å². The van der Waals surface area contributed by atoms with Crippen LogP contribution in [0.25, 0.3) is 4.96 Å². The lowest BCUT2D eigenvalue weighted by Gasteiger charge is -1.83. The van der Waals surface area contributed by atoms with E-state index in [1.54, 1.807) is 0 Å². The summed E-state index contributed by atoms with van der Waals surface area (Å²) in [4.78, 5) is 6.30. The van der Waals surface area contributed by atoms with Crippen LogP contribution in [0, 0.1) is 0 Å². The molecule has 4 heteroatoms. The number of aliphatic hydroxyl groups is 1. The van der Waals surface area contributed by atoms with Gasteiger partial charge in [0.15, 0.2) is 4.96 Å². The Kier molecular flexibility index (Phi) is 1.86. The van der Waals surface area contributed by atoms with E-state index in [1.165, 1.54) is 11.3 Å². The van der Waals surface area contributed by atoms with Crippen molar-refractivity contribution in [3.8, 4) is 0 Å². The van der Waals surface area contributed by atoms with Crippen LogP contribution < -0.4 is 0 Å². The van der Waals surface area contributed by atoms with Crippen molar-refractivity contribution in [1.82, 2.24) is 9.38 Å². The van der Waals surface area contributed by atoms with Crippen LogP contribution in [-0.4, -0.2) is 14.5 Å². The van der Waals surface area contributed by atoms with Gasteiger partial charge in [0.05, 0.1) is 17.2 Å². The second-order valence-electron chi connectivity index (χ2n) is 2.63. The third-order valence-electron chi connectivity index (χ3n) is 1.77. The first-order valence-corrected chi connectivity index (χ1v) is 4.72. The van der Waals surface area contributed by atoms with E-state index in [0.29, 0.717) is 0 Å². The van der Waals surface area contributed by atoms with E-state index in [2.05, 4.69) is 11.9 Å². The molecule has 0 saturated carbocycles. The standard InChI is InChI=1S/C8H10N2OS/c1-2-6-3-10-4-7(5-11)12-8(10)9-6/h3-4,11H,2,5H2,1H3. The molecular formula is C8H10N2OS. The Labute approximate surface area is 74.3 Å². The average molecular weight is 182 g/mol. The van der Waals surface area contributed by atoms with E-state index in [1.807, 2.05) is 16.8 Å². The molecule has 1 N–H and O–H groups in total. The molecule has 2 heterocycles. The summed E-state index contributed by atoms with van der Waals surface area (Å²) in [6.07, 6.45) is 4.89. The predicted molar refractivity (Wildman–Crippen MR) is 48.4 cm³/mol. The Morgan fingerprint density at radius 2 is 2.42 bits per heavy atom. The second-order valence-corrected chi connectivity index (χ2v) is 3.72. The molecule has 0 amide bonds. The van der Waals surface area contributed by atoms with Crippen LogP contribution in [0.5, 0.6) is 0 Å². The molecule has 0 saturated heterocycles. The summed E-state index contributed by atoms with van der Waals surface area (Å²) >= 11 is 1.54. The smallest absolute Gasteiger partial charge is 0.194 e. The molecule has 0 radical (unpaired) electrons. The van der Waals surface area contributed by atoms with Gasteiger partial charge in [-0.25, -0.2) is 4.98 Å². The second kappa shape index (κ2) is 2.88. The molecule has 2 rings (SSSR count). The molecule has 2 aromatic rings. The number of fused-ring (bicyclic) bond motifs is 1. The number of imidazole rings is 1. The molecule has 0 fully saturated rings. The SMILES string of the molecule is CCc1cn2cc(CO)sc2n1. The van der Waals surface area contributed by atoms with Gasteiger partial charge in [-0.2, -0.15) is 0 Å². The minimum Gasteiger partial charge on any atom is -0.391 e. The van der Waals surface area contributed by atoms with Crippen LogP contribution in [0.4, 0.5) is 0 Å². The highest BCUT2D eigenvalue weighted by Crippen LogP contribution is 2.17. The summed E-state index contributed by atoms with van der Waals surface area (Å²) in [6, 6.07) is 0. The van der Waals surface area contributed by atoms with Gasteiger partial charge in [-0.15, -0.1) is 0 Å². The Hall–Kier alpha value is -0.870. The molecule has 64 valence electrons. The fourth-order valence-corrected chi connectivity index (χ4v) is 1.97. The molecule has 0 unspecified atom stereocenters. The van der Waals surface area contributed by atoms with Gasteiger partial charge in [0.25, 0.3) is 0 Å². The molecule has 2 aromatic heterocycles. The van der Waals surface area contributed by atoms with Crippen molar-refractivity contribution in [3.05, 3.63) is 23.0 Å². The molecule has 0 bridgehead atoms. The van der Waals surface area contributed by atoms with E-state index in [0.717, 1.165) is 22.0 Å². The fourth-order valence-electron chi connectivity index (χ4n) is 1.14. The summed E-state index contributed by atoms with van der Waals surface area (Å²) in [5.41, 5.74) is 1.10. The number of rotatable bonds is 2. The number of aliphatic hydroxyl groups excluding tert-OH is 1. The Balaban J connectivity index is 2.52. The average Bonchev–Trinajstić information content (AvgIpc) is 2.59. The van der Waals surface area contributed by atoms with Gasteiger partial charge in [0.1, 0.15) is 0 Å². The summed E-state index contributed by atoms with van der Waals surface area (Å²) in [7, 11) is 0. The van der Waals surface area contributed by atoms with Gasteiger partial charge < -0.3 is 5.11 Å². The molecule has 12 heavy (non-hydrogen) atoms. The van der Waals surface area contributed by atoms with Crippen molar-refractivity contribution in [3.63, 3.8) is 0 Å². The molecular weight excluding hydrogens is 172 g/mol. The van der Waals surface area contributed by atoms with Crippen LogP contribution in [0.1, 0.15) is 17.5 Å². The van der Waals surface area contributed by atoms with Gasteiger partial charge in [0, 0.05) is 12.4 Å². The number of aryl methyl sites for hydroxylation is 1. The number of hydrogen-bond donors (Lipinski definition) is 1. The van der Waals surface area contributed by atoms with Gasteiger partial charge in [0.2, 0.25) is 0 Å². The lowest BCUT2D eigenvalue weighted by atomic mass is 10.4. The molecule has 0 aliphatic rings. The first kappa shape index (κ1) is 7.76. The Bertz CT molecular complexity index is 326. The molecule has 0 spiro atoms. The predicted octanol–water partition coefficient (Wildman–Crippen LogP) is 1.45. The van der Waals surface area contributed by atoms with E-state index in [9.17, 15) is 0 Å². The molecule has 0 atom stereocenters. The zero-order valence-electron chi connectivity index (χ0n) is 6.82. The lowest BCUT2D eigenvalue weighted by molar-refractivity contribution is 0.285. The number of thiazole rings is 1. The van der Waals surface area contributed by atoms with Crippen molar-refractivity contribution >= 4 is 16.3 Å². The van der Waals surface area contributed by atoms with Crippen LogP contribution >= 0.6 is 11.3 Å². The maximum absolute atomic E-state index is 8.85. The van der Waals surface area contributed by atoms with Crippen molar-refractivity contribution in [2.45, 2.75) is 20.0 Å². The van der Waals surface area contributed by atoms with Crippen molar-refractivity contribution in [1.29, 1.82) is 0 Å². The van der Waals surface area contributed by atoms with Gasteiger partial charge in [-0.3, -0.25) is 4.40 Å². The fraction of sp³-hybridized carbons (Fsp3) is 0.375. The molecule has 3 nitrogen and oxygen atoms in total. The zero-order chi connectivity index (χ0) is 8.55. The first-order valence-electron chi connectivity index (χ1n) is 3.90. The highest BCUT2D eigenvalue weighted by Gasteiger charge is 2.03. The third-order valence-corrected chi connectivity index (χ3v) is 2.75. The first-order chi connectivity index (χ1) is 5.83. The van der Waals surface area contributed by atoms with Crippen molar-refractivity contribution in [2.24, 2.45) is 0 Å². The monoisotopic (exact) mass is 182 g/mol. The van der Waals surface area contributed by atoms with Gasteiger partial charge in [-0.1, -0.05) is 18.3 Å². The normalized spacial score (nSPS) is 11.2. The van der Waals surface area contributed by atoms with E-state index in [4.69, 9.17) is 5.11 Å². The third kappa shape index (κ3) is 1.13. The van der Waals surface area contributed by atoms with E-state index >= 15 is 0 Å². The number of hydrogen-bond acceptors (Lipinski definition) is 3. The van der Waals surface area contributed by atoms with Crippen LogP contribution in [0.2, 0.25) is 0 Å². The Morgan fingerprint density at radius 1 is 1.58 bits per heavy atom. The highest BCUT2D eigenvalue weighted by molar-refractivity contribution is 7.17. The maximum Gasteiger partial charge on any atom is 0.194 e. The van der Waals surface area contributed by atoms with Crippen LogP contribution in [0.15, 0.2) is 12.4 Å². The largest absolute Gasteiger partial charge is 0.391 e. The van der Waals surface area contributed by atoms with Gasteiger partial charge in [-0.05, 0) is 6.42 Å². The Morgan fingerprint density at radius 3 is 3.00 bits per heavy atom. The maximum atomic E-state index is 8.85. The van der Waals surface area contributed by atoms with Crippen molar-refractivity contribution < 1.29 is 5.11 Å². The molecule has 0 aliphatic carbocycles. The minimum absolute atomic E-state index is 0.107. The summed E-state index contributed by atoms with van der Waals surface area (Å²) in [6.45, 7) is 2.19. The van der Waals surface area contributed by atoms with Gasteiger partial charge >= 0.3 is 0 Å². The summed E-state index contributed by atoms with van der Waals surface area (Å²) < 4.78 is 1.97. The summed E-state index contributed by atoms with van der Waals surface area (Å²) in [5.74, 6) is 0.